The van der Waals surface area contributed by atoms with Gasteiger partial charge in [-0.25, -0.2) is 9.97 Å². The minimum absolute atomic E-state index is 0.0700. The molecule has 10 heteroatoms. The Morgan fingerprint density at radius 2 is 1.88 bits per heavy atom. The summed E-state index contributed by atoms with van der Waals surface area (Å²) in [5.74, 6) is -0.238. The van der Waals surface area contributed by atoms with Gasteiger partial charge in [-0.15, -0.1) is 0 Å². The fraction of sp³-hybridized carbons (Fsp3) is 0.318. The molecular formula is C22H23ClN6O3. The van der Waals surface area contributed by atoms with E-state index in [1.165, 1.54) is 10.9 Å². The lowest BCUT2D eigenvalue weighted by Gasteiger charge is -2.35. The van der Waals surface area contributed by atoms with E-state index in [1.807, 2.05) is 17.0 Å². The average Bonchev–Trinajstić information content (AvgIpc) is 2.79. The number of carbonyl (C=O) groups is 2. The van der Waals surface area contributed by atoms with Crippen LogP contribution in [-0.2, 0) is 22.7 Å². The fourth-order valence-corrected chi connectivity index (χ4v) is 3.90. The SMILES string of the molecule is CC(=O)N1CCN(c2ccc3ncn(CC(=O)NCc4ccnc(Cl)c4)c(=O)c3c2)CC1. The van der Waals surface area contributed by atoms with Crippen LogP contribution in [0.15, 0.2) is 47.7 Å². The maximum absolute atomic E-state index is 13.0. The number of rotatable bonds is 5. The van der Waals surface area contributed by atoms with E-state index in [2.05, 4.69) is 20.2 Å². The Kier molecular flexibility index (Phi) is 6.36. The molecule has 0 unspecified atom stereocenters. The molecule has 3 aromatic rings. The summed E-state index contributed by atoms with van der Waals surface area (Å²) in [6, 6.07) is 8.97. The van der Waals surface area contributed by atoms with Crippen LogP contribution in [-0.4, -0.2) is 57.4 Å². The van der Waals surface area contributed by atoms with Crippen LogP contribution in [0.5, 0.6) is 0 Å². The zero-order chi connectivity index (χ0) is 22.7. The third-order valence-corrected chi connectivity index (χ3v) is 5.70. The van der Waals surface area contributed by atoms with E-state index in [-0.39, 0.29) is 30.5 Å². The van der Waals surface area contributed by atoms with Gasteiger partial charge < -0.3 is 15.1 Å². The van der Waals surface area contributed by atoms with Gasteiger partial charge in [0.1, 0.15) is 11.7 Å². The van der Waals surface area contributed by atoms with E-state index < -0.39 is 0 Å². The van der Waals surface area contributed by atoms with Crippen molar-refractivity contribution in [3.05, 3.63) is 63.9 Å². The Labute approximate surface area is 189 Å². The van der Waals surface area contributed by atoms with Gasteiger partial charge >= 0.3 is 0 Å². The van der Waals surface area contributed by atoms with E-state index in [0.717, 1.165) is 11.3 Å². The van der Waals surface area contributed by atoms with Gasteiger partial charge in [0, 0.05) is 51.5 Å². The molecule has 0 radical (unpaired) electrons. The van der Waals surface area contributed by atoms with Gasteiger partial charge in [0.05, 0.1) is 17.2 Å². The molecule has 0 aliphatic carbocycles. The molecule has 0 spiro atoms. The molecule has 166 valence electrons. The molecule has 0 bridgehead atoms. The number of nitrogens with zero attached hydrogens (tertiary/aromatic N) is 5. The van der Waals surface area contributed by atoms with Crippen molar-refractivity contribution in [3.63, 3.8) is 0 Å². The standard InChI is InChI=1S/C22H23ClN6O3/c1-15(30)27-6-8-28(9-7-27)17-2-3-19-18(11-17)22(32)29(14-26-19)13-21(31)25-12-16-4-5-24-20(23)10-16/h2-5,10-11,14H,6-9,12-13H2,1H3,(H,25,31). The number of hydrogen-bond acceptors (Lipinski definition) is 6. The van der Waals surface area contributed by atoms with Gasteiger partial charge in [-0.3, -0.25) is 19.0 Å². The molecule has 2 aromatic heterocycles. The number of hydrogen-bond donors (Lipinski definition) is 1. The van der Waals surface area contributed by atoms with Gasteiger partial charge in [-0.2, -0.15) is 0 Å². The highest BCUT2D eigenvalue weighted by Gasteiger charge is 2.19. The molecule has 0 saturated carbocycles. The Hall–Kier alpha value is -3.46. The molecule has 32 heavy (non-hydrogen) atoms. The maximum Gasteiger partial charge on any atom is 0.261 e. The van der Waals surface area contributed by atoms with E-state index >= 15 is 0 Å². The fourth-order valence-electron chi connectivity index (χ4n) is 3.70. The highest BCUT2D eigenvalue weighted by Crippen LogP contribution is 2.20. The van der Waals surface area contributed by atoms with Crippen molar-refractivity contribution < 1.29 is 9.59 Å². The van der Waals surface area contributed by atoms with Gasteiger partial charge in [0.25, 0.3) is 5.56 Å². The van der Waals surface area contributed by atoms with Crippen molar-refractivity contribution in [2.24, 2.45) is 0 Å². The lowest BCUT2D eigenvalue weighted by atomic mass is 10.2. The lowest BCUT2D eigenvalue weighted by Crippen LogP contribution is -2.48. The molecule has 9 nitrogen and oxygen atoms in total. The van der Waals surface area contributed by atoms with E-state index in [1.54, 1.807) is 31.3 Å². The number of aromatic nitrogens is 3. The van der Waals surface area contributed by atoms with Crippen molar-refractivity contribution in [1.29, 1.82) is 0 Å². The molecule has 0 atom stereocenters. The van der Waals surface area contributed by atoms with Crippen LogP contribution < -0.4 is 15.8 Å². The lowest BCUT2D eigenvalue weighted by molar-refractivity contribution is -0.129. The zero-order valence-corrected chi connectivity index (χ0v) is 18.4. The van der Waals surface area contributed by atoms with Gasteiger partial charge in [-0.05, 0) is 35.9 Å². The molecule has 1 aliphatic rings. The normalized spacial score (nSPS) is 13.9. The van der Waals surface area contributed by atoms with Gasteiger partial charge in [0.15, 0.2) is 0 Å². The molecule has 4 rings (SSSR count). The first-order valence-corrected chi connectivity index (χ1v) is 10.7. The summed E-state index contributed by atoms with van der Waals surface area (Å²) in [5.41, 5.74) is 2.01. The van der Waals surface area contributed by atoms with E-state index in [4.69, 9.17) is 11.6 Å². The predicted molar refractivity (Wildman–Crippen MR) is 122 cm³/mol. The zero-order valence-electron chi connectivity index (χ0n) is 17.6. The number of halogens is 1. The van der Waals surface area contributed by atoms with Crippen LogP contribution in [0.2, 0.25) is 5.15 Å². The Morgan fingerprint density at radius 1 is 1.09 bits per heavy atom. The molecule has 1 fully saturated rings. The van der Waals surface area contributed by atoms with Crippen LogP contribution in [0.25, 0.3) is 10.9 Å². The molecule has 2 amide bonds. The number of benzene rings is 1. The first kappa shape index (κ1) is 21.8. The van der Waals surface area contributed by atoms with Crippen LogP contribution in [0.1, 0.15) is 12.5 Å². The molecular weight excluding hydrogens is 432 g/mol. The van der Waals surface area contributed by atoms with Crippen molar-refractivity contribution in [1.82, 2.24) is 24.8 Å². The monoisotopic (exact) mass is 454 g/mol. The van der Waals surface area contributed by atoms with Crippen molar-refractivity contribution in [2.45, 2.75) is 20.0 Å². The van der Waals surface area contributed by atoms with Crippen LogP contribution >= 0.6 is 11.6 Å². The quantitative estimate of drug-likeness (QED) is 0.585. The van der Waals surface area contributed by atoms with Crippen LogP contribution in [0.4, 0.5) is 5.69 Å². The minimum atomic E-state index is -0.308. The molecule has 1 saturated heterocycles. The second-order valence-electron chi connectivity index (χ2n) is 7.64. The minimum Gasteiger partial charge on any atom is -0.368 e. The summed E-state index contributed by atoms with van der Waals surface area (Å²) in [7, 11) is 0. The van der Waals surface area contributed by atoms with Crippen molar-refractivity contribution >= 4 is 40.0 Å². The van der Waals surface area contributed by atoms with Gasteiger partial charge in [0.2, 0.25) is 11.8 Å². The molecule has 1 aliphatic heterocycles. The summed E-state index contributed by atoms with van der Waals surface area (Å²) in [4.78, 5) is 49.1. The van der Waals surface area contributed by atoms with E-state index in [0.29, 0.717) is 42.2 Å². The topological polar surface area (TPSA) is 100 Å². The number of pyridine rings is 1. The average molecular weight is 455 g/mol. The van der Waals surface area contributed by atoms with Gasteiger partial charge in [-0.1, -0.05) is 11.6 Å². The predicted octanol–water partition coefficient (Wildman–Crippen LogP) is 1.43. The smallest absolute Gasteiger partial charge is 0.261 e. The first-order valence-electron chi connectivity index (χ1n) is 10.3. The molecule has 1 N–H and O–H groups in total. The highest BCUT2D eigenvalue weighted by molar-refractivity contribution is 6.29. The van der Waals surface area contributed by atoms with Crippen molar-refractivity contribution in [2.75, 3.05) is 31.1 Å². The number of nitrogens with one attached hydrogen (secondary N) is 1. The largest absolute Gasteiger partial charge is 0.368 e. The third kappa shape index (κ3) is 4.88. The van der Waals surface area contributed by atoms with E-state index in [9.17, 15) is 14.4 Å². The van der Waals surface area contributed by atoms with Crippen molar-refractivity contribution in [3.8, 4) is 0 Å². The second-order valence-corrected chi connectivity index (χ2v) is 8.02. The number of amides is 2. The summed E-state index contributed by atoms with van der Waals surface area (Å²) in [6.07, 6.45) is 2.96. The maximum atomic E-state index is 13.0. The number of piperazine rings is 1. The first-order chi connectivity index (χ1) is 15.4. The Bertz CT molecular complexity index is 1220. The Balaban J connectivity index is 1.47. The summed E-state index contributed by atoms with van der Waals surface area (Å²) in [5, 5.41) is 3.58. The summed E-state index contributed by atoms with van der Waals surface area (Å²) >= 11 is 5.86. The number of carbonyl (C=O) groups excluding carboxylic acids is 2. The molecule has 1 aromatic carbocycles. The molecule has 3 heterocycles. The number of fused-ring (bicyclic) bond motifs is 1. The second kappa shape index (κ2) is 9.35. The van der Waals surface area contributed by atoms with Crippen LogP contribution in [0, 0.1) is 0 Å². The number of anilines is 1. The summed E-state index contributed by atoms with van der Waals surface area (Å²) < 4.78 is 1.30. The highest BCUT2D eigenvalue weighted by atomic mass is 35.5. The Morgan fingerprint density at radius 3 is 2.59 bits per heavy atom. The third-order valence-electron chi connectivity index (χ3n) is 5.49. The van der Waals surface area contributed by atoms with Crippen LogP contribution in [0.3, 0.4) is 0 Å². The summed E-state index contributed by atoms with van der Waals surface area (Å²) in [6.45, 7) is 4.40.